The molecule has 0 spiro atoms. The Labute approximate surface area is 122 Å². The van der Waals surface area contributed by atoms with Crippen LogP contribution in [0, 0.1) is 6.92 Å². The monoisotopic (exact) mass is 280 g/mol. The van der Waals surface area contributed by atoms with Gasteiger partial charge in [-0.25, -0.2) is 0 Å². The normalized spacial score (nSPS) is 33.6. The van der Waals surface area contributed by atoms with Crippen molar-refractivity contribution in [3.63, 3.8) is 0 Å². The van der Waals surface area contributed by atoms with E-state index in [2.05, 4.69) is 36.5 Å². The summed E-state index contributed by atoms with van der Waals surface area (Å²) >= 11 is 0. The largest absolute Gasteiger partial charge is 0.328 e. The van der Waals surface area contributed by atoms with Gasteiger partial charge in [0.25, 0.3) is 0 Å². The highest BCUT2D eigenvalue weighted by atomic mass is 35.5. The van der Waals surface area contributed by atoms with Crippen LogP contribution in [0.5, 0.6) is 0 Å². The van der Waals surface area contributed by atoms with Gasteiger partial charge in [-0.3, -0.25) is 0 Å². The van der Waals surface area contributed by atoms with Crippen LogP contribution in [0.3, 0.4) is 0 Å². The summed E-state index contributed by atoms with van der Waals surface area (Å²) in [6.07, 6.45) is 6.22. The van der Waals surface area contributed by atoms with Gasteiger partial charge in [0.2, 0.25) is 0 Å². The van der Waals surface area contributed by atoms with Crippen LogP contribution in [-0.2, 0) is 0 Å². The molecule has 3 N–H and O–H groups in total. The zero-order chi connectivity index (χ0) is 12.5. The molecular weight excluding hydrogens is 256 g/mol. The first kappa shape index (κ1) is 14.8. The molecule has 2 aliphatic carbocycles. The van der Waals surface area contributed by atoms with Crippen molar-refractivity contribution in [3.8, 4) is 0 Å². The summed E-state index contributed by atoms with van der Waals surface area (Å²) in [5, 5.41) is 3.83. The van der Waals surface area contributed by atoms with E-state index in [-0.39, 0.29) is 12.4 Å². The highest BCUT2D eigenvalue weighted by Crippen LogP contribution is 2.42. The minimum absolute atomic E-state index is 0. The lowest BCUT2D eigenvalue weighted by Gasteiger charge is -2.27. The van der Waals surface area contributed by atoms with E-state index in [1.54, 1.807) is 5.56 Å². The molecule has 2 saturated carbocycles. The molecule has 106 valence electrons. The van der Waals surface area contributed by atoms with Crippen molar-refractivity contribution in [1.82, 2.24) is 5.32 Å². The number of aryl methyl sites for hydroxylation is 1. The molecule has 1 aromatic rings. The average molecular weight is 281 g/mol. The molecule has 0 radical (unpaired) electrons. The van der Waals surface area contributed by atoms with Crippen molar-refractivity contribution in [1.29, 1.82) is 0 Å². The number of halogens is 1. The fraction of sp³-hybridized carbons (Fsp3) is 0.625. The zero-order valence-corrected chi connectivity index (χ0v) is 12.5. The van der Waals surface area contributed by atoms with E-state index < -0.39 is 0 Å². The molecule has 1 aromatic carbocycles. The van der Waals surface area contributed by atoms with Gasteiger partial charge < -0.3 is 11.1 Å². The maximum absolute atomic E-state index is 5.95. The zero-order valence-electron chi connectivity index (χ0n) is 11.6. The lowest BCUT2D eigenvalue weighted by atomic mass is 9.91. The van der Waals surface area contributed by atoms with Crippen LogP contribution in [0.2, 0.25) is 0 Å². The fourth-order valence-corrected chi connectivity index (χ4v) is 3.31. The van der Waals surface area contributed by atoms with E-state index in [0.717, 1.165) is 5.92 Å². The van der Waals surface area contributed by atoms with Gasteiger partial charge in [-0.2, -0.15) is 0 Å². The smallest absolute Gasteiger partial charge is 0.0145 e. The summed E-state index contributed by atoms with van der Waals surface area (Å²) in [7, 11) is 0. The van der Waals surface area contributed by atoms with Gasteiger partial charge in [0.1, 0.15) is 0 Å². The first-order valence-corrected chi connectivity index (χ1v) is 7.31. The molecule has 2 unspecified atom stereocenters. The molecule has 3 rings (SSSR count). The molecule has 2 atom stereocenters. The van der Waals surface area contributed by atoms with Gasteiger partial charge in [-0.15, -0.1) is 12.4 Å². The van der Waals surface area contributed by atoms with E-state index in [1.807, 2.05) is 0 Å². The van der Waals surface area contributed by atoms with Crippen molar-refractivity contribution in [2.24, 2.45) is 5.73 Å². The first-order valence-electron chi connectivity index (χ1n) is 7.31. The van der Waals surface area contributed by atoms with Gasteiger partial charge >= 0.3 is 0 Å². The third kappa shape index (κ3) is 3.50. The molecule has 0 bridgehead atoms. The van der Waals surface area contributed by atoms with Crippen LogP contribution in [0.15, 0.2) is 24.3 Å². The number of nitrogens with two attached hydrogens (primary N) is 1. The highest BCUT2D eigenvalue weighted by molar-refractivity contribution is 5.85. The van der Waals surface area contributed by atoms with Crippen LogP contribution < -0.4 is 11.1 Å². The summed E-state index contributed by atoms with van der Waals surface area (Å²) < 4.78 is 0. The molecule has 0 aromatic heterocycles. The maximum Gasteiger partial charge on any atom is 0.0145 e. The van der Waals surface area contributed by atoms with Crippen molar-refractivity contribution >= 4 is 12.4 Å². The number of benzene rings is 1. The van der Waals surface area contributed by atoms with Gasteiger partial charge in [0.15, 0.2) is 0 Å². The van der Waals surface area contributed by atoms with Crippen LogP contribution in [0.1, 0.15) is 49.1 Å². The van der Waals surface area contributed by atoms with Crippen molar-refractivity contribution in [2.75, 3.05) is 0 Å². The molecule has 0 saturated heterocycles. The number of rotatable bonds is 3. The quantitative estimate of drug-likeness (QED) is 0.893. The molecule has 0 aliphatic heterocycles. The third-order valence-electron chi connectivity index (χ3n) is 4.60. The van der Waals surface area contributed by atoms with Crippen molar-refractivity contribution < 1.29 is 0 Å². The SMILES string of the molecule is Cc1ccccc1C1CC1NC1CCC(N)CC1.Cl. The van der Waals surface area contributed by atoms with Crippen LogP contribution >= 0.6 is 12.4 Å². The molecule has 0 amide bonds. The number of hydrogen-bond acceptors (Lipinski definition) is 2. The Morgan fingerprint density at radius 3 is 2.47 bits per heavy atom. The summed E-state index contributed by atoms with van der Waals surface area (Å²) in [6.45, 7) is 2.23. The summed E-state index contributed by atoms with van der Waals surface area (Å²) in [4.78, 5) is 0. The van der Waals surface area contributed by atoms with E-state index >= 15 is 0 Å². The Morgan fingerprint density at radius 1 is 1.11 bits per heavy atom. The molecule has 2 nitrogen and oxygen atoms in total. The fourth-order valence-electron chi connectivity index (χ4n) is 3.31. The van der Waals surface area contributed by atoms with E-state index in [4.69, 9.17) is 5.73 Å². The Hall–Kier alpha value is -0.570. The third-order valence-corrected chi connectivity index (χ3v) is 4.60. The summed E-state index contributed by atoms with van der Waals surface area (Å²) in [6, 6.07) is 10.7. The number of nitrogens with one attached hydrogen (secondary N) is 1. The Morgan fingerprint density at radius 2 is 1.79 bits per heavy atom. The topological polar surface area (TPSA) is 38.0 Å². The van der Waals surface area contributed by atoms with E-state index in [0.29, 0.717) is 18.1 Å². The summed E-state index contributed by atoms with van der Waals surface area (Å²) in [5.74, 6) is 0.752. The van der Waals surface area contributed by atoms with Crippen LogP contribution in [0.4, 0.5) is 0 Å². The van der Waals surface area contributed by atoms with Gasteiger partial charge in [0, 0.05) is 24.0 Å². The van der Waals surface area contributed by atoms with Gasteiger partial charge in [-0.05, 0) is 50.2 Å². The molecule has 2 fully saturated rings. The first-order chi connectivity index (χ1) is 8.74. The van der Waals surface area contributed by atoms with Crippen LogP contribution in [0.25, 0.3) is 0 Å². The van der Waals surface area contributed by atoms with Crippen LogP contribution in [-0.4, -0.2) is 18.1 Å². The minimum atomic E-state index is 0. The second kappa shape index (κ2) is 6.25. The predicted molar refractivity (Wildman–Crippen MR) is 82.9 cm³/mol. The number of hydrogen-bond donors (Lipinski definition) is 2. The lowest BCUT2D eigenvalue weighted by molar-refractivity contribution is 0.339. The van der Waals surface area contributed by atoms with Gasteiger partial charge in [0.05, 0.1) is 0 Å². The average Bonchev–Trinajstić information content (AvgIpc) is 3.12. The standard InChI is InChI=1S/C16H24N2.ClH/c1-11-4-2-3-5-14(11)15-10-16(15)18-13-8-6-12(17)7-9-13;/h2-5,12-13,15-16,18H,6-10,17H2,1H3;1H. The maximum atomic E-state index is 5.95. The Bertz CT molecular complexity index is 413. The highest BCUT2D eigenvalue weighted by Gasteiger charge is 2.40. The Balaban J connectivity index is 0.00000133. The second-order valence-corrected chi connectivity index (χ2v) is 6.08. The molecule has 2 aliphatic rings. The van der Waals surface area contributed by atoms with Crippen molar-refractivity contribution in [2.45, 2.75) is 63.1 Å². The minimum Gasteiger partial charge on any atom is -0.328 e. The van der Waals surface area contributed by atoms with Gasteiger partial charge in [-0.1, -0.05) is 24.3 Å². The Kier molecular flexibility index (Phi) is 4.88. The van der Waals surface area contributed by atoms with E-state index in [1.165, 1.54) is 37.7 Å². The summed E-state index contributed by atoms with van der Waals surface area (Å²) in [5.41, 5.74) is 8.94. The lowest BCUT2D eigenvalue weighted by Crippen LogP contribution is -2.38. The van der Waals surface area contributed by atoms with E-state index in [9.17, 15) is 0 Å². The second-order valence-electron chi connectivity index (χ2n) is 6.08. The van der Waals surface area contributed by atoms with Crippen molar-refractivity contribution in [3.05, 3.63) is 35.4 Å². The molecular formula is C16H25ClN2. The molecule has 19 heavy (non-hydrogen) atoms. The predicted octanol–water partition coefficient (Wildman–Crippen LogP) is 3.13. The molecule has 0 heterocycles. The molecule has 3 heteroatoms.